The van der Waals surface area contributed by atoms with Crippen molar-refractivity contribution in [2.75, 3.05) is 25.1 Å². The smallest absolute Gasteiger partial charge is 0.383 e. The van der Waals surface area contributed by atoms with Gasteiger partial charge in [0.15, 0.2) is 5.78 Å². The van der Waals surface area contributed by atoms with Gasteiger partial charge in [0, 0.05) is 30.1 Å². The third-order valence-electron chi connectivity index (χ3n) is 4.91. The number of thiazole rings is 1. The van der Waals surface area contributed by atoms with Crippen molar-refractivity contribution in [3.63, 3.8) is 0 Å². The van der Waals surface area contributed by atoms with E-state index in [0.717, 1.165) is 23.5 Å². The molecule has 0 saturated carbocycles. The Hall–Kier alpha value is -3.09. The summed E-state index contributed by atoms with van der Waals surface area (Å²) in [6.45, 7) is 2.17. The first kappa shape index (κ1) is 26.5. The highest BCUT2D eigenvalue weighted by Crippen LogP contribution is 2.36. The predicted octanol–water partition coefficient (Wildman–Crippen LogP) is 4.88. The third kappa shape index (κ3) is 6.53. The second-order valence-electron chi connectivity index (χ2n) is 8.06. The van der Waals surface area contributed by atoms with E-state index < -0.39 is 22.7 Å². The normalized spacial score (nSPS) is 12.6. The summed E-state index contributed by atoms with van der Waals surface area (Å²) in [7, 11) is 3.67. The van der Waals surface area contributed by atoms with Gasteiger partial charge in [0.25, 0.3) is 5.91 Å². The van der Waals surface area contributed by atoms with E-state index in [2.05, 4.69) is 20.3 Å². The quantitative estimate of drug-likeness (QED) is 0.402. The van der Waals surface area contributed by atoms with Gasteiger partial charge < -0.3 is 16.0 Å². The van der Waals surface area contributed by atoms with Gasteiger partial charge in [-0.15, -0.1) is 11.3 Å². The van der Waals surface area contributed by atoms with Crippen LogP contribution in [0.25, 0.3) is 0 Å². The average molecular weight is 527 g/mol. The number of aromatic nitrogens is 3. The predicted molar refractivity (Wildman–Crippen MR) is 128 cm³/mol. The minimum atomic E-state index is -4.65. The number of carbonyl (C=O) groups is 2. The van der Waals surface area contributed by atoms with Crippen molar-refractivity contribution in [2.24, 2.45) is 0 Å². The zero-order valence-corrected chi connectivity index (χ0v) is 20.6. The van der Waals surface area contributed by atoms with E-state index in [1.54, 1.807) is 6.92 Å². The van der Waals surface area contributed by atoms with Crippen molar-refractivity contribution in [2.45, 2.75) is 32.0 Å². The Morgan fingerprint density at radius 2 is 1.94 bits per heavy atom. The van der Waals surface area contributed by atoms with Crippen LogP contribution in [0.3, 0.4) is 0 Å². The minimum absolute atomic E-state index is 0.0559. The molecule has 0 aliphatic carbocycles. The molecular weight excluding hydrogens is 505 g/mol. The van der Waals surface area contributed by atoms with Gasteiger partial charge in [-0.3, -0.25) is 9.59 Å². The van der Waals surface area contributed by atoms with E-state index in [1.165, 1.54) is 18.6 Å². The zero-order chi connectivity index (χ0) is 25.9. The molecule has 1 amide bonds. The summed E-state index contributed by atoms with van der Waals surface area (Å²) in [6.07, 6.45) is -2.04. The molecule has 1 unspecified atom stereocenters. The molecule has 2 heterocycles. The number of hydrogen-bond acceptors (Lipinski definition) is 8. The highest BCUT2D eigenvalue weighted by atomic mass is 35.5. The molecule has 0 aliphatic heterocycles. The summed E-state index contributed by atoms with van der Waals surface area (Å²) >= 11 is 6.66. The maximum absolute atomic E-state index is 13.1. The molecule has 0 fully saturated rings. The van der Waals surface area contributed by atoms with Crippen LogP contribution < -0.4 is 11.1 Å². The summed E-state index contributed by atoms with van der Waals surface area (Å²) < 4.78 is 39.2. The number of rotatable bonds is 8. The van der Waals surface area contributed by atoms with Crippen molar-refractivity contribution in [1.29, 1.82) is 0 Å². The van der Waals surface area contributed by atoms with Crippen LogP contribution >= 0.6 is 22.9 Å². The molecule has 0 radical (unpaired) electrons. The van der Waals surface area contributed by atoms with Crippen molar-refractivity contribution >= 4 is 46.1 Å². The lowest BCUT2D eigenvalue weighted by atomic mass is 10.0. The number of nitrogens with zero attached hydrogens (tertiary/aromatic N) is 4. The average Bonchev–Trinajstić information content (AvgIpc) is 3.26. The minimum Gasteiger partial charge on any atom is -0.383 e. The molecule has 35 heavy (non-hydrogen) atoms. The number of nitrogens with two attached hydrogens (primary N) is 1. The van der Waals surface area contributed by atoms with Gasteiger partial charge in [0.1, 0.15) is 22.7 Å². The van der Waals surface area contributed by atoms with Gasteiger partial charge >= 0.3 is 6.18 Å². The molecule has 3 N–H and O–H groups in total. The SMILES string of the molecule is CC(CC(=O)c1ncnc(N)c1CN(C)C)c1ncc(C(=O)Nc2ccc(Cl)c(C(F)(F)F)c2)s1. The molecule has 1 aromatic carbocycles. The lowest BCUT2D eigenvalue weighted by Crippen LogP contribution is -2.19. The number of nitrogen functional groups attached to an aromatic ring is 1. The Morgan fingerprint density at radius 3 is 2.60 bits per heavy atom. The number of nitrogens with one attached hydrogen (secondary N) is 1. The standard InChI is InChI=1S/C22H22ClF3N6O2S/c1-11(6-16(33)18-13(9-32(2)3)19(27)30-10-29-18)21-28-8-17(35-21)20(34)31-12-4-5-15(23)14(7-12)22(24,25)26/h4-5,7-8,10-11H,6,9H2,1-3H3,(H,31,34)(H2,27,29,30). The summed E-state index contributed by atoms with van der Waals surface area (Å²) in [4.78, 5) is 39.8. The highest BCUT2D eigenvalue weighted by molar-refractivity contribution is 7.13. The number of alkyl halides is 3. The second-order valence-corrected chi connectivity index (χ2v) is 9.53. The first-order valence-electron chi connectivity index (χ1n) is 10.3. The third-order valence-corrected chi connectivity index (χ3v) is 6.46. The fourth-order valence-corrected chi connectivity index (χ4v) is 4.32. The lowest BCUT2D eigenvalue weighted by Gasteiger charge is -2.15. The van der Waals surface area contributed by atoms with Gasteiger partial charge in [0.05, 0.1) is 21.8 Å². The number of ketones is 1. The molecule has 186 valence electrons. The Balaban J connectivity index is 1.72. The number of amides is 1. The van der Waals surface area contributed by atoms with Crippen LogP contribution in [0.2, 0.25) is 5.02 Å². The number of benzene rings is 1. The van der Waals surface area contributed by atoms with E-state index in [4.69, 9.17) is 17.3 Å². The molecule has 13 heteroatoms. The van der Waals surface area contributed by atoms with Crippen LogP contribution in [0.4, 0.5) is 24.7 Å². The largest absolute Gasteiger partial charge is 0.417 e. The van der Waals surface area contributed by atoms with Crippen molar-refractivity contribution in [3.8, 4) is 0 Å². The number of hydrogen-bond donors (Lipinski definition) is 2. The summed E-state index contributed by atoms with van der Waals surface area (Å²) in [5.41, 5.74) is 5.60. The molecule has 8 nitrogen and oxygen atoms in total. The lowest BCUT2D eigenvalue weighted by molar-refractivity contribution is -0.137. The van der Waals surface area contributed by atoms with E-state index >= 15 is 0 Å². The van der Waals surface area contributed by atoms with Crippen LogP contribution in [0, 0.1) is 0 Å². The molecule has 0 spiro atoms. The first-order chi connectivity index (χ1) is 16.4. The van der Waals surface area contributed by atoms with Gasteiger partial charge in [-0.25, -0.2) is 15.0 Å². The topological polar surface area (TPSA) is 114 Å². The Morgan fingerprint density at radius 1 is 1.23 bits per heavy atom. The zero-order valence-electron chi connectivity index (χ0n) is 19.0. The molecule has 3 aromatic rings. The van der Waals surface area contributed by atoms with Gasteiger partial charge in [-0.1, -0.05) is 18.5 Å². The monoisotopic (exact) mass is 526 g/mol. The van der Waals surface area contributed by atoms with Gasteiger partial charge in [-0.05, 0) is 32.3 Å². The Labute approximate surface area is 208 Å². The molecule has 1 atom stereocenters. The van der Waals surface area contributed by atoms with Crippen molar-refractivity contribution in [1.82, 2.24) is 19.9 Å². The summed E-state index contributed by atoms with van der Waals surface area (Å²) in [5.74, 6) is -0.983. The van der Waals surface area contributed by atoms with Crippen LogP contribution in [0.5, 0.6) is 0 Å². The van der Waals surface area contributed by atoms with E-state index in [1.807, 2.05) is 19.0 Å². The van der Waals surface area contributed by atoms with E-state index in [0.29, 0.717) is 17.1 Å². The number of carbonyl (C=O) groups excluding carboxylic acids is 2. The summed E-state index contributed by atoms with van der Waals surface area (Å²) in [5, 5.41) is 2.47. The molecule has 2 aromatic heterocycles. The number of Topliss-reactive ketones (excluding diaryl/α,β-unsaturated/α-hetero) is 1. The first-order valence-corrected chi connectivity index (χ1v) is 11.5. The van der Waals surface area contributed by atoms with Crippen LogP contribution in [-0.4, -0.2) is 45.6 Å². The van der Waals surface area contributed by atoms with Crippen LogP contribution in [-0.2, 0) is 12.7 Å². The number of anilines is 2. The van der Waals surface area contributed by atoms with Gasteiger partial charge in [-0.2, -0.15) is 13.2 Å². The van der Waals surface area contributed by atoms with Gasteiger partial charge in [0.2, 0.25) is 0 Å². The summed E-state index contributed by atoms with van der Waals surface area (Å²) in [6, 6.07) is 3.11. The molecule has 3 rings (SSSR count). The maximum Gasteiger partial charge on any atom is 0.417 e. The fourth-order valence-electron chi connectivity index (χ4n) is 3.23. The molecule has 0 bridgehead atoms. The fraction of sp³-hybridized carbons (Fsp3) is 0.318. The molecule has 0 aliphatic rings. The Kier molecular flexibility index (Phi) is 8.08. The van der Waals surface area contributed by atoms with Crippen LogP contribution in [0.15, 0.2) is 30.7 Å². The van der Waals surface area contributed by atoms with E-state index in [-0.39, 0.29) is 40.2 Å². The van der Waals surface area contributed by atoms with E-state index in [9.17, 15) is 22.8 Å². The molecule has 0 saturated heterocycles. The second kappa shape index (κ2) is 10.7. The maximum atomic E-state index is 13.1. The highest BCUT2D eigenvalue weighted by Gasteiger charge is 2.33. The van der Waals surface area contributed by atoms with Crippen LogP contribution in [0.1, 0.15) is 55.6 Å². The molecular formula is C22H22ClF3N6O2S. The Bertz CT molecular complexity index is 1250. The number of halogens is 4. The van der Waals surface area contributed by atoms with Crippen molar-refractivity contribution < 1.29 is 22.8 Å². The van der Waals surface area contributed by atoms with Crippen molar-refractivity contribution in [3.05, 3.63) is 62.5 Å².